The Balaban J connectivity index is 1.68. The lowest BCUT2D eigenvalue weighted by atomic mass is 10.1. The molecule has 3 aromatic rings. The van der Waals surface area contributed by atoms with Crippen molar-refractivity contribution in [2.24, 2.45) is 0 Å². The average Bonchev–Trinajstić information content (AvgIpc) is 2.78. The minimum Gasteiger partial charge on any atom is -0.493 e. The molecule has 0 radical (unpaired) electrons. The summed E-state index contributed by atoms with van der Waals surface area (Å²) in [5.74, 6) is 1.61. The molecule has 1 aromatic heterocycles. The third kappa shape index (κ3) is 5.01. The van der Waals surface area contributed by atoms with Gasteiger partial charge in [0, 0.05) is 18.3 Å². The first kappa shape index (κ1) is 20.1. The number of ether oxygens (including phenoxy) is 2. The zero-order valence-electron chi connectivity index (χ0n) is 16.7. The zero-order chi connectivity index (χ0) is 20.6. The Bertz CT molecular complexity index is 991. The minimum atomic E-state index is -0.275. The molecule has 2 N–H and O–H groups in total. The second kappa shape index (κ2) is 9.54. The van der Waals surface area contributed by atoms with E-state index in [1.54, 1.807) is 20.3 Å². The van der Waals surface area contributed by atoms with Crippen LogP contribution in [0, 0.1) is 0 Å². The first-order valence-electron chi connectivity index (χ1n) is 9.30. The van der Waals surface area contributed by atoms with Gasteiger partial charge < -0.3 is 20.1 Å². The van der Waals surface area contributed by atoms with Crippen molar-refractivity contribution in [3.05, 3.63) is 71.7 Å². The van der Waals surface area contributed by atoms with Crippen molar-refractivity contribution in [3.8, 4) is 11.5 Å². The normalized spacial score (nSPS) is 10.3. The number of para-hydroxylation sites is 1. The van der Waals surface area contributed by atoms with Crippen molar-refractivity contribution in [3.63, 3.8) is 0 Å². The maximum Gasteiger partial charge on any atom is 0.274 e. The number of rotatable bonds is 8. The number of aromatic nitrogens is 2. The first-order chi connectivity index (χ1) is 14.1. The van der Waals surface area contributed by atoms with Gasteiger partial charge in [-0.1, -0.05) is 31.2 Å². The summed E-state index contributed by atoms with van der Waals surface area (Å²) in [5.41, 5.74) is 3.14. The minimum absolute atomic E-state index is 0.275. The standard InChI is InChI=1S/C22H24N4O3/c1-4-16-7-5-6-8-17(16)26-22(27)18-12-21(25-14-24-18)23-13-15-9-10-19(28-2)20(11-15)29-3/h5-12,14H,4,13H2,1-3H3,(H,26,27)(H,23,24,25). The number of methoxy groups -OCH3 is 2. The Labute approximate surface area is 170 Å². The fourth-order valence-electron chi connectivity index (χ4n) is 2.90. The molecule has 0 aliphatic rings. The Morgan fingerprint density at radius 1 is 1.00 bits per heavy atom. The van der Waals surface area contributed by atoms with Gasteiger partial charge in [0.2, 0.25) is 0 Å². The summed E-state index contributed by atoms with van der Waals surface area (Å²) in [6.07, 6.45) is 2.20. The summed E-state index contributed by atoms with van der Waals surface area (Å²) in [6, 6.07) is 15.0. The topological polar surface area (TPSA) is 85.4 Å². The number of aryl methyl sites for hydroxylation is 1. The molecule has 1 heterocycles. The molecule has 0 aliphatic heterocycles. The molecule has 7 heteroatoms. The van der Waals surface area contributed by atoms with Crippen LogP contribution in [0.5, 0.6) is 11.5 Å². The molecule has 0 saturated carbocycles. The predicted molar refractivity (Wildman–Crippen MR) is 113 cm³/mol. The largest absolute Gasteiger partial charge is 0.493 e. The molecule has 2 aromatic carbocycles. The van der Waals surface area contributed by atoms with Crippen molar-refractivity contribution < 1.29 is 14.3 Å². The number of anilines is 2. The Hall–Kier alpha value is -3.61. The van der Waals surface area contributed by atoms with Crippen LogP contribution in [0.25, 0.3) is 0 Å². The number of carbonyl (C=O) groups excluding carboxylic acids is 1. The molecule has 0 fully saturated rings. The van der Waals surface area contributed by atoms with E-state index < -0.39 is 0 Å². The van der Waals surface area contributed by atoms with E-state index >= 15 is 0 Å². The lowest BCUT2D eigenvalue weighted by molar-refractivity contribution is 0.102. The highest BCUT2D eigenvalue weighted by molar-refractivity contribution is 6.03. The highest BCUT2D eigenvalue weighted by Crippen LogP contribution is 2.27. The summed E-state index contributed by atoms with van der Waals surface area (Å²) >= 11 is 0. The molecule has 150 valence electrons. The highest BCUT2D eigenvalue weighted by Gasteiger charge is 2.11. The molecular formula is C22H24N4O3. The zero-order valence-corrected chi connectivity index (χ0v) is 16.7. The summed E-state index contributed by atoms with van der Waals surface area (Å²) in [5, 5.41) is 6.12. The summed E-state index contributed by atoms with van der Waals surface area (Å²) < 4.78 is 10.6. The molecule has 0 aliphatic carbocycles. The Morgan fingerprint density at radius 2 is 1.79 bits per heavy atom. The van der Waals surface area contributed by atoms with Gasteiger partial charge in [0.05, 0.1) is 14.2 Å². The number of benzene rings is 2. The van der Waals surface area contributed by atoms with Crippen LogP contribution < -0.4 is 20.1 Å². The van der Waals surface area contributed by atoms with Gasteiger partial charge in [0.25, 0.3) is 5.91 Å². The van der Waals surface area contributed by atoms with Gasteiger partial charge in [-0.2, -0.15) is 0 Å². The van der Waals surface area contributed by atoms with Crippen LogP contribution in [-0.2, 0) is 13.0 Å². The fraction of sp³-hybridized carbons (Fsp3) is 0.227. The smallest absolute Gasteiger partial charge is 0.274 e. The fourth-order valence-corrected chi connectivity index (χ4v) is 2.90. The maximum absolute atomic E-state index is 12.6. The van der Waals surface area contributed by atoms with Gasteiger partial charge in [-0.15, -0.1) is 0 Å². The lowest BCUT2D eigenvalue weighted by Crippen LogP contribution is -2.15. The van der Waals surface area contributed by atoms with Gasteiger partial charge in [-0.05, 0) is 35.7 Å². The quantitative estimate of drug-likeness (QED) is 0.604. The van der Waals surface area contributed by atoms with Crippen molar-refractivity contribution >= 4 is 17.4 Å². The number of hydrogen-bond acceptors (Lipinski definition) is 6. The lowest BCUT2D eigenvalue weighted by Gasteiger charge is -2.11. The summed E-state index contributed by atoms with van der Waals surface area (Å²) in [6.45, 7) is 2.56. The molecule has 1 amide bonds. The SMILES string of the molecule is CCc1ccccc1NC(=O)c1cc(NCc2ccc(OC)c(OC)c2)ncn1. The molecule has 0 unspecified atom stereocenters. The van der Waals surface area contributed by atoms with E-state index in [1.807, 2.05) is 49.4 Å². The summed E-state index contributed by atoms with van der Waals surface area (Å²) in [4.78, 5) is 20.9. The van der Waals surface area contributed by atoms with Crippen LogP contribution in [-0.4, -0.2) is 30.1 Å². The van der Waals surface area contributed by atoms with Crippen molar-refractivity contribution in [2.75, 3.05) is 24.9 Å². The molecule has 0 atom stereocenters. The van der Waals surface area contributed by atoms with E-state index in [2.05, 4.69) is 20.6 Å². The van der Waals surface area contributed by atoms with Gasteiger partial charge in [-0.25, -0.2) is 9.97 Å². The van der Waals surface area contributed by atoms with Crippen LogP contribution in [0.3, 0.4) is 0 Å². The van der Waals surface area contributed by atoms with Crippen molar-refractivity contribution in [1.82, 2.24) is 9.97 Å². The molecule has 29 heavy (non-hydrogen) atoms. The van der Waals surface area contributed by atoms with E-state index in [0.717, 1.165) is 23.2 Å². The van der Waals surface area contributed by atoms with Crippen LogP contribution >= 0.6 is 0 Å². The van der Waals surface area contributed by atoms with Crippen LogP contribution in [0.15, 0.2) is 54.9 Å². The third-order valence-corrected chi connectivity index (χ3v) is 4.47. The molecule has 0 saturated heterocycles. The van der Waals surface area contributed by atoms with Gasteiger partial charge in [-0.3, -0.25) is 4.79 Å². The Kier molecular flexibility index (Phi) is 6.63. The number of hydrogen-bond donors (Lipinski definition) is 2. The predicted octanol–water partition coefficient (Wildman–Crippen LogP) is 3.92. The molecule has 0 spiro atoms. The second-order valence-electron chi connectivity index (χ2n) is 6.30. The van der Waals surface area contributed by atoms with Crippen molar-refractivity contribution in [2.45, 2.75) is 19.9 Å². The maximum atomic E-state index is 12.6. The first-order valence-corrected chi connectivity index (χ1v) is 9.30. The van der Waals surface area contributed by atoms with Gasteiger partial charge in [0.15, 0.2) is 11.5 Å². The number of carbonyl (C=O) groups is 1. The molecular weight excluding hydrogens is 368 g/mol. The van der Waals surface area contributed by atoms with Crippen LogP contribution in [0.4, 0.5) is 11.5 Å². The van der Waals surface area contributed by atoms with E-state index in [9.17, 15) is 4.79 Å². The van der Waals surface area contributed by atoms with E-state index in [4.69, 9.17) is 9.47 Å². The number of amides is 1. The van der Waals surface area contributed by atoms with Crippen LogP contribution in [0.1, 0.15) is 28.5 Å². The van der Waals surface area contributed by atoms with Gasteiger partial charge in [0.1, 0.15) is 17.8 Å². The van der Waals surface area contributed by atoms with Crippen LogP contribution in [0.2, 0.25) is 0 Å². The second-order valence-corrected chi connectivity index (χ2v) is 6.30. The molecule has 7 nitrogen and oxygen atoms in total. The monoisotopic (exact) mass is 392 g/mol. The third-order valence-electron chi connectivity index (χ3n) is 4.47. The van der Waals surface area contributed by atoms with E-state index in [0.29, 0.717) is 29.6 Å². The van der Waals surface area contributed by atoms with E-state index in [1.165, 1.54) is 6.33 Å². The number of nitrogens with one attached hydrogen (secondary N) is 2. The highest BCUT2D eigenvalue weighted by atomic mass is 16.5. The van der Waals surface area contributed by atoms with Crippen molar-refractivity contribution in [1.29, 1.82) is 0 Å². The average molecular weight is 392 g/mol. The van der Waals surface area contributed by atoms with E-state index in [-0.39, 0.29) is 5.91 Å². The number of nitrogens with zero attached hydrogens (tertiary/aromatic N) is 2. The molecule has 0 bridgehead atoms. The molecule has 3 rings (SSSR count). The Morgan fingerprint density at radius 3 is 2.55 bits per heavy atom. The summed E-state index contributed by atoms with van der Waals surface area (Å²) in [7, 11) is 3.20. The van der Waals surface area contributed by atoms with Gasteiger partial charge >= 0.3 is 0 Å².